The van der Waals surface area contributed by atoms with Gasteiger partial charge in [-0.2, -0.15) is 5.06 Å². The largest absolute Gasteiger partial charge is 0.385 e. The van der Waals surface area contributed by atoms with E-state index in [0.717, 1.165) is 5.06 Å². The summed E-state index contributed by atoms with van der Waals surface area (Å²) in [6, 6.07) is 3.17. The minimum absolute atomic E-state index is 0.0214. The maximum absolute atomic E-state index is 13.8. The Morgan fingerprint density at radius 2 is 1.75 bits per heavy atom. The van der Waals surface area contributed by atoms with E-state index in [1.54, 1.807) is 31.0 Å². The van der Waals surface area contributed by atoms with Crippen LogP contribution in [0.3, 0.4) is 0 Å². The fraction of sp³-hybridized carbons (Fsp3) is 0.556. The lowest BCUT2D eigenvalue weighted by molar-refractivity contribution is -0.543. The Balaban J connectivity index is 2.27. The molecule has 2 fully saturated rings. The predicted molar refractivity (Wildman–Crippen MR) is 99.0 cm³/mol. The van der Waals surface area contributed by atoms with E-state index in [1.807, 2.05) is 0 Å². The molecule has 1 unspecified atom stereocenters. The number of hydrogen-bond donors (Lipinski definition) is 0. The van der Waals surface area contributed by atoms with E-state index in [-0.39, 0.29) is 23.4 Å². The number of aryl methyl sites for hydroxylation is 1. The van der Waals surface area contributed by atoms with E-state index in [0.29, 0.717) is 24.2 Å². The van der Waals surface area contributed by atoms with Gasteiger partial charge in [0.2, 0.25) is 0 Å². The fourth-order valence-electron chi connectivity index (χ4n) is 4.45. The van der Waals surface area contributed by atoms with Crippen molar-refractivity contribution in [3.8, 4) is 0 Å². The Hall–Kier alpha value is -2.07. The minimum atomic E-state index is -2.59. The Bertz CT molecular complexity index is 852. The van der Waals surface area contributed by atoms with Gasteiger partial charge in [-0.1, -0.05) is 17.7 Å². The van der Waals surface area contributed by atoms with E-state index in [9.17, 15) is 19.7 Å². The van der Waals surface area contributed by atoms with Gasteiger partial charge in [-0.3, -0.25) is 24.5 Å². The van der Waals surface area contributed by atoms with Crippen LogP contribution in [-0.2, 0) is 24.8 Å². The number of amides is 1. The lowest BCUT2D eigenvalue weighted by Gasteiger charge is -2.40. The molecule has 1 spiro atoms. The van der Waals surface area contributed by atoms with Gasteiger partial charge in [-0.05, 0) is 43.9 Å². The Morgan fingerprint density at radius 3 is 2.25 bits per heavy atom. The predicted octanol–water partition coefficient (Wildman–Crippen LogP) is 1.80. The minimum Gasteiger partial charge on any atom is -0.302 e. The number of nitro groups is 1. The molecule has 1 aromatic rings. The number of rotatable bonds is 4. The highest BCUT2D eigenvalue weighted by atomic mass is 35.5. The summed E-state index contributed by atoms with van der Waals surface area (Å²) in [7, 11) is 2.75. The second-order valence-corrected chi connectivity index (χ2v) is 7.49. The first-order valence-corrected chi connectivity index (χ1v) is 9.19. The van der Waals surface area contributed by atoms with Crippen LogP contribution in [0.5, 0.6) is 0 Å². The number of benzene rings is 1. The number of nitrogens with zero attached hydrogens (tertiary/aromatic N) is 3. The van der Waals surface area contributed by atoms with Crippen LogP contribution in [0.4, 0.5) is 0 Å². The second kappa shape index (κ2) is 7.07. The molecule has 0 aliphatic carbocycles. The number of hydroxylamine groups is 4. The van der Waals surface area contributed by atoms with Crippen LogP contribution in [0.2, 0.25) is 5.02 Å². The number of ketones is 1. The monoisotopic (exact) mass is 411 g/mol. The van der Waals surface area contributed by atoms with Crippen LogP contribution in [0.1, 0.15) is 29.5 Å². The molecule has 9 nitrogen and oxygen atoms in total. The zero-order valence-electron chi connectivity index (χ0n) is 16.2. The summed E-state index contributed by atoms with van der Waals surface area (Å²) in [5.41, 5.74) is -3.22. The molecule has 0 aromatic heterocycles. The molecule has 0 saturated carbocycles. The van der Waals surface area contributed by atoms with Gasteiger partial charge in [0.25, 0.3) is 5.78 Å². The molecule has 0 N–H and O–H groups in total. The number of piperidine rings is 1. The van der Waals surface area contributed by atoms with Crippen molar-refractivity contribution in [1.82, 2.24) is 10.1 Å². The van der Waals surface area contributed by atoms with E-state index >= 15 is 0 Å². The molecule has 1 aromatic carbocycles. The summed E-state index contributed by atoms with van der Waals surface area (Å²) in [5, 5.41) is 15.2. The molecule has 28 heavy (non-hydrogen) atoms. The van der Waals surface area contributed by atoms with Crippen molar-refractivity contribution >= 4 is 23.3 Å². The van der Waals surface area contributed by atoms with Crippen molar-refractivity contribution < 1.29 is 24.2 Å². The molecular weight excluding hydrogens is 390 g/mol. The Labute approximate surface area is 167 Å². The van der Waals surface area contributed by atoms with Gasteiger partial charge < -0.3 is 4.84 Å². The van der Waals surface area contributed by atoms with Gasteiger partial charge in [0, 0.05) is 23.0 Å². The SMILES string of the molecule is CON1CCC2(CC1)C(=O)C(c1c(C)ccc(Cl)c1C)([N+](=O)[O-])C(=O)N2OC. The lowest BCUT2D eigenvalue weighted by Crippen LogP contribution is -2.57. The quantitative estimate of drug-likeness (QED) is 0.423. The highest BCUT2D eigenvalue weighted by Crippen LogP contribution is 2.49. The molecule has 1 atom stereocenters. The molecule has 2 aliphatic rings. The van der Waals surface area contributed by atoms with E-state index in [4.69, 9.17) is 21.3 Å². The molecule has 10 heteroatoms. The molecular formula is C18H22ClN3O6. The van der Waals surface area contributed by atoms with Gasteiger partial charge >= 0.3 is 11.4 Å². The van der Waals surface area contributed by atoms with Crippen molar-refractivity contribution in [2.75, 3.05) is 27.3 Å². The number of carbonyl (C=O) groups excluding carboxylic acids is 2. The highest BCUT2D eigenvalue weighted by molar-refractivity contribution is 6.31. The zero-order chi connectivity index (χ0) is 20.9. The van der Waals surface area contributed by atoms with Gasteiger partial charge in [-0.25, -0.2) is 5.06 Å². The van der Waals surface area contributed by atoms with Crippen molar-refractivity contribution in [3.63, 3.8) is 0 Å². The topological polar surface area (TPSA) is 102 Å². The third-order valence-corrected chi connectivity index (χ3v) is 6.28. The summed E-state index contributed by atoms with van der Waals surface area (Å²) in [5.74, 6) is -1.79. The molecule has 2 heterocycles. The van der Waals surface area contributed by atoms with Gasteiger partial charge in [0.1, 0.15) is 5.54 Å². The highest BCUT2D eigenvalue weighted by Gasteiger charge is 2.77. The van der Waals surface area contributed by atoms with Crippen molar-refractivity contribution in [2.24, 2.45) is 0 Å². The fourth-order valence-corrected chi connectivity index (χ4v) is 4.60. The van der Waals surface area contributed by atoms with E-state index in [2.05, 4.69) is 0 Å². The van der Waals surface area contributed by atoms with Crippen LogP contribution in [0, 0.1) is 24.0 Å². The van der Waals surface area contributed by atoms with Crippen LogP contribution >= 0.6 is 11.6 Å². The van der Waals surface area contributed by atoms with Crippen molar-refractivity contribution in [1.29, 1.82) is 0 Å². The van der Waals surface area contributed by atoms with E-state index in [1.165, 1.54) is 14.2 Å². The van der Waals surface area contributed by atoms with Gasteiger partial charge in [-0.15, -0.1) is 0 Å². The first-order chi connectivity index (χ1) is 13.2. The average molecular weight is 412 g/mol. The maximum atomic E-state index is 13.8. The van der Waals surface area contributed by atoms with Crippen molar-refractivity contribution in [3.05, 3.63) is 44.0 Å². The van der Waals surface area contributed by atoms with Crippen molar-refractivity contribution in [2.45, 2.75) is 37.8 Å². The van der Waals surface area contributed by atoms with Crippen LogP contribution < -0.4 is 0 Å². The molecule has 0 bridgehead atoms. The third kappa shape index (κ3) is 2.50. The summed E-state index contributed by atoms with van der Waals surface area (Å²) < 4.78 is 0. The Kier molecular flexibility index (Phi) is 5.22. The number of Topliss-reactive ketones (excluding diaryl/α,β-unsaturated/α-hetero) is 1. The lowest BCUT2D eigenvalue weighted by atomic mass is 9.74. The summed E-state index contributed by atoms with van der Waals surface area (Å²) in [6.07, 6.45) is 0.320. The molecule has 0 radical (unpaired) electrons. The number of carbonyl (C=O) groups is 2. The second-order valence-electron chi connectivity index (χ2n) is 7.09. The normalized spacial score (nSPS) is 25.0. The smallest absolute Gasteiger partial charge is 0.302 e. The first kappa shape index (κ1) is 20.7. The maximum Gasteiger partial charge on any atom is 0.385 e. The van der Waals surface area contributed by atoms with Gasteiger partial charge in [0.05, 0.1) is 19.8 Å². The zero-order valence-corrected chi connectivity index (χ0v) is 16.9. The van der Waals surface area contributed by atoms with E-state index < -0.39 is 27.7 Å². The van der Waals surface area contributed by atoms with Gasteiger partial charge in [0.15, 0.2) is 0 Å². The van der Waals surface area contributed by atoms with Crippen LogP contribution in [0.15, 0.2) is 12.1 Å². The third-order valence-electron chi connectivity index (χ3n) is 5.87. The molecule has 1 amide bonds. The van der Waals surface area contributed by atoms with Crippen LogP contribution in [-0.4, -0.2) is 59.6 Å². The molecule has 152 valence electrons. The van der Waals surface area contributed by atoms with Crippen LogP contribution in [0.25, 0.3) is 0 Å². The summed E-state index contributed by atoms with van der Waals surface area (Å²) >= 11 is 6.20. The summed E-state index contributed by atoms with van der Waals surface area (Å²) in [4.78, 5) is 49.2. The molecule has 3 rings (SSSR count). The number of hydrogen-bond acceptors (Lipinski definition) is 7. The standard InChI is InChI=1S/C18H22ClN3O6/c1-11-5-6-13(19)12(2)14(11)18(22(25)26)15(23)17(21(28-4)16(18)24)7-9-20(27-3)10-8-17/h5-6H,7-10H2,1-4H3. The first-order valence-electron chi connectivity index (χ1n) is 8.82. The number of halogens is 1. The molecule has 2 saturated heterocycles. The summed E-state index contributed by atoms with van der Waals surface area (Å²) in [6.45, 7) is 3.86. The average Bonchev–Trinajstić information content (AvgIpc) is 2.85. The Morgan fingerprint density at radius 1 is 1.14 bits per heavy atom. The molecule has 2 aliphatic heterocycles.